The first-order chi connectivity index (χ1) is 12.8. The standard InChI is InChI=1S/C18H24N4O4S/c1-13(2)22-11-9-17(20-22)18(24)19-14-5-7-16(8-6-14)27(25,26)21-10-3-4-15(23)12-21/h5-9,11,13,15,23H,3-4,10,12H2,1-2H3,(H,19,24). The number of carbonyl (C=O) groups excluding carboxylic acids is 1. The summed E-state index contributed by atoms with van der Waals surface area (Å²) >= 11 is 0. The van der Waals surface area contributed by atoms with Gasteiger partial charge in [-0.05, 0) is 57.0 Å². The molecule has 0 spiro atoms. The first-order valence-corrected chi connectivity index (χ1v) is 10.4. The molecule has 1 fully saturated rings. The minimum Gasteiger partial charge on any atom is -0.392 e. The second-order valence-corrected chi connectivity index (χ2v) is 8.85. The van der Waals surface area contributed by atoms with Crippen molar-refractivity contribution in [2.24, 2.45) is 0 Å². The summed E-state index contributed by atoms with van der Waals surface area (Å²) in [7, 11) is -3.65. The number of hydrogen-bond acceptors (Lipinski definition) is 5. The van der Waals surface area contributed by atoms with Crippen LogP contribution in [0.15, 0.2) is 41.4 Å². The Hall–Kier alpha value is -2.23. The van der Waals surface area contributed by atoms with Crippen LogP contribution in [0.3, 0.4) is 0 Å². The zero-order valence-electron chi connectivity index (χ0n) is 15.4. The van der Waals surface area contributed by atoms with Crippen LogP contribution in [0.2, 0.25) is 0 Å². The van der Waals surface area contributed by atoms with Gasteiger partial charge in [0.25, 0.3) is 5.91 Å². The lowest BCUT2D eigenvalue weighted by atomic mass is 10.1. The molecule has 0 aliphatic carbocycles. The van der Waals surface area contributed by atoms with Crippen LogP contribution in [0, 0.1) is 0 Å². The summed E-state index contributed by atoms with van der Waals surface area (Å²) in [5.74, 6) is -0.357. The minimum atomic E-state index is -3.65. The van der Waals surface area contributed by atoms with Crippen LogP contribution in [0.5, 0.6) is 0 Å². The van der Waals surface area contributed by atoms with Crippen molar-refractivity contribution in [2.75, 3.05) is 18.4 Å². The molecule has 1 saturated heterocycles. The molecular formula is C18H24N4O4S. The highest BCUT2D eigenvalue weighted by molar-refractivity contribution is 7.89. The third-order valence-corrected chi connectivity index (χ3v) is 6.36. The van der Waals surface area contributed by atoms with Gasteiger partial charge in [-0.15, -0.1) is 0 Å². The van der Waals surface area contributed by atoms with Gasteiger partial charge in [0.15, 0.2) is 5.69 Å². The summed E-state index contributed by atoms with van der Waals surface area (Å²) < 4.78 is 28.3. The number of sulfonamides is 1. The van der Waals surface area contributed by atoms with Crippen molar-refractivity contribution in [3.8, 4) is 0 Å². The number of piperidine rings is 1. The van der Waals surface area contributed by atoms with E-state index in [0.717, 1.165) is 0 Å². The third kappa shape index (κ3) is 4.37. The third-order valence-electron chi connectivity index (χ3n) is 4.48. The monoisotopic (exact) mass is 392 g/mol. The molecule has 1 atom stereocenters. The number of benzene rings is 1. The Morgan fingerprint density at radius 2 is 1.96 bits per heavy atom. The van der Waals surface area contributed by atoms with E-state index >= 15 is 0 Å². The molecule has 1 amide bonds. The number of carbonyl (C=O) groups is 1. The lowest BCUT2D eigenvalue weighted by Crippen LogP contribution is -2.42. The normalized spacial score (nSPS) is 18.6. The molecule has 3 rings (SSSR count). The van der Waals surface area contributed by atoms with Gasteiger partial charge in [0.2, 0.25) is 10.0 Å². The largest absolute Gasteiger partial charge is 0.392 e. The maximum absolute atomic E-state index is 12.7. The molecule has 1 aliphatic rings. The first-order valence-electron chi connectivity index (χ1n) is 8.92. The molecule has 1 aromatic carbocycles. The first kappa shape index (κ1) is 19.5. The number of aliphatic hydroxyl groups is 1. The molecule has 1 unspecified atom stereocenters. The van der Waals surface area contributed by atoms with E-state index in [1.165, 1.54) is 16.4 Å². The maximum atomic E-state index is 12.7. The van der Waals surface area contributed by atoms with Crippen LogP contribution < -0.4 is 5.32 Å². The van der Waals surface area contributed by atoms with Crippen molar-refractivity contribution >= 4 is 21.6 Å². The summed E-state index contributed by atoms with van der Waals surface area (Å²) in [5, 5.41) is 16.6. The Bertz CT molecular complexity index is 906. The number of aliphatic hydroxyl groups excluding tert-OH is 1. The van der Waals surface area contributed by atoms with Crippen molar-refractivity contribution in [1.82, 2.24) is 14.1 Å². The molecule has 1 aliphatic heterocycles. The van der Waals surface area contributed by atoms with Crippen molar-refractivity contribution in [3.63, 3.8) is 0 Å². The van der Waals surface area contributed by atoms with E-state index in [1.807, 2.05) is 13.8 Å². The Morgan fingerprint density at radius 3 is 2.56 bits per heavy atom. The molecule has 0 radical (unpaired) electrons. The molecule has 0 bridgehead atoms. The maximum Gasteiger partial charge on any atom is 0.276 e. The Balaban J connectivity index is 1.70. The smallest absolute Gasteiger partial charge is 0.276 e. The SMILES string of the molecule is CC(C)n1ccc(C(=O)Nc2ccc(S(=O)(=O)N3CCCC(O)C3)cc2)n1. The second-order valence-electron chi connectivity index (χ2n) is 6.91. The molecule has 8 nitrogen and oxygen atoms in total. The molecule has 2 N–H and O–H groups in total. The van der Waals surface area contributed by atoms with E-state index in [4.69, 9.17) is 0 Å². The zero-order valence-corrected chi connectivity index (χ0v) is 16.2. The number of amides is 1. The quantitative estimate of drug-likeness (QED) is 0.808. The highest BCUT2D eigenvalue weighted by Crippen LogP contribution is 2.22. The van der Waals surface area contributed by atoms with Crippen molar-refractivity contribution in [1.29, 1.82) is 0 Å². The number of nitrogens with zero attached hydrogens (tertiary/aromatic N) is 3. The zero-order chi connectivity index (χ0) is 19.6. The van der Waals surface area contributed by atoms with E-state index in [1.54, 1.807) is 29.1 Å². The van der Waals surface area contributed by atoms with Gasteiger partial charge in [0, 0.05) is 31.0 Å². The predicted octanol–water partition coefficient (Wildman–Crippen LogP) is 1.86. The summed E-state index contributed by atoms with van der Waals surface area (Å²) in [4.78, 5) is 12.4. The van der Waals surface area contributed by atoms with E-state index in [0.29, 0.717) is 30.8 Å². The van der Waals surface area contributed by atoms with Crippen LogP contribution in [-0.2, 0) is 10.0 Å². The number of β-amino-alcohol motifs (C(OH)–C–C–N with tert-alkyl or cyclic N) is 1. The van der Waals surface area contributed by atoms with Crippen LogP contribution in [-0.4, -0.2) is 52.7 Å². The average Bonchev–Trinajstić information content (AvgIpc) is 3.13. The second kappa shape index (κ2) is 7.79. The van der Waals surface area contributed by atoms with Crippen molar-refractivity contribution < 1.29 is 18.3 Å². The van der Waals surface area contributed by atoms with Gasteiger partial charge in [-0.2, -0.15) is 9.40 Å². The predicted molar refractivity (Wildman–Crippen MR) is 101 cm³/mol. The molecule has 2 heterocycles. The molecule has 9 heteroatoms. The molecule has 146 valence electrons. The van der Waals surface area contributed by atoms with E-state index in [9.17, 15) is 18.3 Å². The fourth-order valence-electron chi connectivity index (χ4n) is 2.94. The summed E-state index contributed by atoms with van der Waals surface area (Å²) in [6.45, 7) is 4.44. The number of rotatable bonds is 5. The Morgan fingerprint density at radius 1 is 1.26 bits per heavy atom. The average molecular weight is 392 g/mol. The van der Waals surface area contributed by atoms with Gasteiger partial charge in [0.1, 0.15) is 0 Å². The highest BCUT2D eigenvalue weighted by Gasteiger charge is 2.29. The van der Waals surface area contributed by atoms with Crippen LogP contribution in [0.25, 0.3) is 0 Å². The highest BCUT2D eigenvalue weighted by atomic mass is 32.2. The molecule has 2 aromatic rings. The van der Waals surface area contributed by atoms with Gasteiger partial charge in [-0.25, -0.2) is 8.42 Å². The fraction of sp³-hybridized carbons (Fsp3) is 0.444. The summed E-state index contributed by atoms with van der Waals surface area (Å²) in [6, 6.07) is 7.80. The molecular weight excluding hydrogens is 368 g/mol. The van der Waals surface area contributed by atoms with Gasteiger partial charge in [0.05, 0.1) is 11.0 Å². The number of nitrogens with one attached hydrogen (secondary N) is 1. The Kier molecular flexibility index (Phi) is 5.64. The fourth-order valence-corrected chi connectivity index (χ4v) is 4.46. The lowest BCUT2D eigenvalue weighted by Gasteiger charge is -2.29. The van der Waals surface area contributed by atoms with E-state index in [2.05, 4.69) is 10.4 Å². The number of hydrogen-bond donors (Lipinski definition) is 2. The van der Waals surface area contributed by atoms with Crippen molar-refractivity contribution in [3.05, 3.63) is 42.2 Å². The number of aromatic nitrogens is 2. The molecule has 1 aromatic heterocycles. The van der Waals surface area contributed by atoms with Gasteiger partial charge < -0.3 is 10.4 Å². The topological polar surface area (TPSA) is 105 Å². The van der Waals surface area contributed by atoms with E-state index in [-0.39, 0.29) is 23.4 Å². The lowest BCUT2D eigenvalue weighted by molar-refractivity contribution is 0.102. The van der Waals surface area contributed by atoms with Gasteiger partial charge >= 0.3 is 0 Å². The van der Waals surface area contributed by atoms with Crippen LogP contribution in [0.1, 0.15) is 43.2 Å². The molecule has 27 heavy (non-hydrogen) atoms. The Labute approximate surface area is 158 Å². The van der Waals surface area contributed by atoms with Crippen LogP contribution >= 0.6 is 0 Å². The van der Waals surface area contributed by atoms with Crippen LogP contribution in [0.4, 0.5) is 5.69 Å². The minimum absolute atomic E-state index is 0.110. The van der Waals surface area contributed by atoms with E-state index < -0.39 is 16.1 Å². The molecule has 0 saturated carbocycles. The van der Waals surface area contributed by atoms with Gasteiger partial charge in [-0.3, -0.25) is 9.48 Å². The van der Waals surface area contributed by atoms with Gasteiger partial charge in [-0.1, -0.05) is 0 Å². The summed E-state index contributed by atoms with van der Waals surface area (Å²) in [6.07, 6.45) is 2.36. The summed E-state index contributed by atoms with van der Waals surface area (Å²) in [5.41, 5.74) is 0.777. The van der Waals surface area contributed by atoms with Crippen molar-refractivity contribution in [2.45, 2.75) is 43.7 Å². The number of anilines is 1.